The standard InChI is InChI=1S/C15H17ClN2O2/c1-17-15(13-6-4-10(16)9-18-13)12-8-11(19-2)5-7-14(12)20-3/h4-9,15,17H,1-3H3. The second kappa shape index (κ2) is 6.59. The van der Waals surface area contributed by atoms with Crippen molar-refractivity contribution >= 4 is 11.6 Å². The highest BCUT2D eigenvalue weighted by Crippen LogP contribution is 2.32. The first kappa shape index (κ1) is 14.6. The number of methoxy groups -OCH3 is 2. The number of hydrogen-bond acceptors (Lipinski definition) is 4. The number of nitrogens with one attached hydrogen (secondary N) is 1. The summed E-state index contributed by atoms with van der Waals surface area (Å²) in [5.74, 6) is 1.55. The van der Waals surface area contributed by atoms with Crippen LogP contribution < -0.4 is 14.8 Å². The summed E-state index contributed by atoms with van der Waals surface area (Å²) in [5, 5.41) is 3.85. The van der Waals surface area contributed by atoms with Gasteiger partial charge in [-0.25, -0.2) is 0 Å². The summed E-state index contributed by atoms with van der Waals surface area (Å²) in [6.07, 6.45) is 1.63. The third kappa shape index (κ3) is 3.03. The van der Waals surface area contributed by atoms with Crippen LogP contribution in [0.2, 0.25) is 5.02 Å². The normalized spacial score (nSPS) is 12.0. The minimum atomic E-state index is -0.0997. The van der Waals surface area contributed by atoms with E-state index in [0.717, 1.165) is 22.8 Å². The van der Waals surface area contributed by atoms with Gasteiger partial charge in [-0.2, -0.15) is 0 Å². The Labute approximate surface area is 123 Å². The summed E-state index contributed by atoms with van der Waals surface area (Å²) in [7, 11) is 5.16. The molecule has 2 aromatic rings. The van der Waals surface area contributed by atoms with E-state index >= 15 is 0 Å². The van der Waals surface area contributed by atoms with Crippen LogP contribution in [0.1, 0.15) is 17.3 Å². The fourth-order valence-corrected chi connectivity index (χ4v) is 2.20. The average molecular weight is 293 g/mol. The Balaban J connectivity index is 2.47. The topological polar surface area (TPSA) is 43.4 Å². The lowest BCUT2D eigenvalue weighted by molar-refractivity contribution is 0.394. The van der Waals surface area contributed by atoms with Gasteiger partial charge in [-0.15, -0.1) is 0 Å². The average Bonchev–Trinajstić information content (AvgIpc) is 2.49. The van der Waals surface area contributed by atoms with Gasteiger partial charge >= 0.3 is 0 Å². The van der Waals surface area contributed by atoms with E-state index < -0.39 is 0 Å². The van der Waals surface area contributed by atoms with Gasteiger partial charge in [0, 0.05) is 11.8 Å². The van der Waals surface area contributed by atoms with E-state index in [9.17, 15) is 0 Å². The van der Waals surface area contributed by atoms with Gasteiger partial charge in [-0.05, 0) is 37.4 Å². The van der Waals surface area contributed by atoms with Crippen molar-refractivity contribution in [1.29, 1.82) is 0 Å². The van der Waals surface area contributed by atoms with E-state index in [1.54, 1.807) is 20.4 Å². The molecular weight excluding hydrogens is 276 g/mol. The Morgan fingerprint density at radius 1 is 1.15 bits per heavy atom. The lowest BCUT2D eigenvalue weighted by Gasteiger charge is -2.19. The molecule has 0 aliphatic rings. The van der Waals surface area contributed by atoms with E-state index in [0.29, 0.717) is 5.02 Å². The predicted octanol–water partition coefficient (Wildman–Crippen LogP) is 3.06. The van der Waals surface area contributed by atoms with Gasteiger partial charge in [0.1, 0.15) is 11.5 Å². The zero-order valence-electron chi connectivity index (χ0n) is 11.7. The van der Waals surface area contributed by atoms with Crippen LogP contribution in [0.15, 0.2) is 36.5 Å². The van der Waals surface area contributed by atoms with Gasteiger partial charge in [0.25, 0.3) is 0 Å². The first-order valence-electron chi connectivity index (χ1n) is 6.20. The quantitative estimate of drug-likeness (QED) is 0.920. The molecule has 1 heterocycles. The van der Waals surface area contributed by atoms with Gasteiger partial charge in [-0.1, -0.05) is 11.6 Å². The summed E-state index contributed by atoms with van der Waals surface area (Å²) in [6, 6.07) is 9.30. The molecule has 20 heavy (non-hydrogen) atoms. The molecule has 1 atom stereocenters. The summed E-state index contributed by atoms with van der Waals surface area (Å²) in [6.45, 7) is 0. The Bertz CT molecular complexity index is 573. The van der Waals surface area contributed by atoms with E-state index in [4.69, 9.17) is 21.1 Å². The van der Waals surface area contributed by atoms with Crippen molar-refractivity contribution < 1.29 is 9.47 Å². The van der Waals surface area contributed by atoms with Gasteiger partial charge in [-0.3, -0.25) is 4.98 Å². The third-order valence-corrected chi connectivity index (χ3v) is 3.31. The van der Waals surface area contributed by atoms with E-state index in [1.807, 2.05) is 37.4 Å². The van der Waals surface area contributed by atoms with Gasteiger partial charge in [0.05, 0.1) is 31.0 Å². The molecule has 106 valence electrons. The largest absolute Gasteiger partial charge is 0.497 e. The number of nitrogens with zero attached hydrogens (tertiary/aromatic N) is 1. The number of rotatable bonds is 5. The van der Waals surface area contributed by atoms with Crippen LogP contribution in [0, 0.1) is 0 Å². The maximum Gasteiger partial charge on any atom is 0.124 e. The molecule has 2 rings (SSSR count). The number of pyridine rings is 1. The highest BCUT2D eigenvalue weighted by atomic mass is 35.5. The molecule has 1 aromatic heterocycles. The second-order valence-electron chi connectivity index (χ2n) is 4.23. The number of ether oxygens (including phenoxy) is 2. The molecule has 1 aromatic carbocycles. The molecule has 0 saturated heterocycles. The number of hydrogen-bond donors (Lipinski definition) is 1. The van der Waals surface area contributed by atoms with Crippen LogP contribution in [0.4, 0.5) is 0 Å². The van der Waals surface area contributed by atoms with Gasteiger partial charge in [0.2, 0.25) is 0 Å². The molecule has 5 heteroatoms. The van der Waals surface area contributed by atoms with Crippen LogP contribution in [-0.4, -0.2) is 26.3 Å². The number of aromatic nitrogens is 1. The molecule has 1 unspecified atom stereocenters. The lowest BCUT2D eigenvalue weighted by Crippen LogP contribution is -2.19. The molecule has 4 nitrogen and oxygen atoms in total. The van der Waals surface area contributed by atoms with Crippen molar-refractivity contribution in [2.45, 2.75) is 6.04 Å². The minimum absolute atomic E-state index is 0.0997. The van der Waals surface area contributed by atoms with Crippen molar-refractivity contribution in [1.82, 2.24) is 10.3 Å². The molecule has 0 spiro atoms. The first-order chi connectivity index (χ1) is 9.69. The van der Waals surface area contributed by atoms with Crippen LogP contribution in [0.5, 0.6) is 11.5 Å². The molecule has 0 saturated carbocycles. The minimum Gasteiger partial charge on any atom is -0.497 e. The summed E-state index contributed by atoms with van der Waals surface area (Å²) < 4.78 is 10.7. The highest BCUT2D eigenvalue weighted by molar-refractivity contribution is 6.30. The molecule has 0 fully saturated rings. The van der Waals surface area contributed by atoms with Crippen LogP contribution in [0.25, 0.3) is 0 Å². The van der Waals surface area contributed by atoms with Crippen molar-refractivity contribution in [3.05, 3.63) is 52.8 Å². The Morgan fingerprint density at radius 3 is 2.50 bits per heavy atom. The molecular formula is C15H17ClN2O2. The molecule has 0 radical (unpaired) electrons. The second-order valence-corrected chi connectivity index (χ2v) is 4.67. The van der Waals surface area contributed by atoms with E-state index in [1.165, 1.54) is 0 Å². The zero-order chi connectivity index (χ0) is 14.5. The van der Waals surface area contributed by atoms with Crippen molar-refractivity contribution in [2.24, 2.45) is 0 Å². The van der Waals surface area contributed by atoms with Crippen molar-refractivity contribution in [2.75, 3.05) is 21.3 Å². The molecule has 0 bridgehead atoms. The number of benzene rings is 1. The van der Waals surface area contributed by atoms with Crippen LogP contribution in [-0.2, 0) is 0 Å². The SMILES string of the molecule is CNC(c1ccc(Cl)cn1)c1cc(OC)ccc1OC. The molecule has 0 aliphatic carbocycles. The maximum absolute atomic E-state index is 5.88. The van der Waals surface area contributed by atoms with Gasteiger partial charge < -0.3 is 14.8 Å². The zero-order valence-corrected chi connectivity index (χ0v) is 12.4. The van der Waals surface area contributed by atoms with Crippen LogP contribution >= 0.6 is 11.6 Å². The first-order valence-corrected chi connectivity index (χ1v) is 6.58. The maximum atomic E-state index is 5.88. The summed E-state index contributed by atoms with van der Waals surface area (Å²) >= 11 is 5.88. The molecule has 0 aliphatic heterocycles. The third-order valence-electron chi connectivity index (χ3n) is 3.08. The van der Waals surface area contributed by atoms with E-state index in [-0.39, 0.29) is 6.04 Å². The predicted molar refractivity (Wildman–Crippen MR) is 79.7 cm³/mol. The highest BCUT2D eigenvalue weighted by Gasteiger charge is 2.18. The smallest absolute Gasteiger partial charge is 0.124 e. The Hall–Kier alpha value is -1.78. The van der Waals surface area contributed by atoms with Crippen molar-refractivity contribution in [3.63, 3.8) is 0 Å². The monoisotopic (exact) mass is 292 g/mol. The van der Waals surface area contributed by atoms with Crippen molar-refractivity contribution in [3.8, 4) is 11.5 Å². The fraction of sp³-hybridized carbons (Fsp3) is 0.267. The summed E-state index contributed by atoms with van der Waals surface area (Å²) in [4.78, 5) is 4.37. The lowest BCUT2D eigenvalue weighted by atomic mass is 10.0. The Kier molecular flexibility index (Phi) is 4.82. The van der Waals surface area contributed by atoms with E-state index in [2.05, 4.69) is 10.3 Å². The molecule has 1 N–H and O–H groups in total. The summed E-state index contributed by atoms with van der Waals surface area (Å²) in [5.41, 5.74) is 1.83. The van der Waals surface area contributed by atoms with Gasteiger partial charge in [0.15, 0.2) is 0 Å². The fourth-order valence-electron chi connectivity index (χ4n) is 2.09. The Morgan fingerprint density at radius 2 is 1.95 bits per heavy atom. The number of halogens is 1. The molecule has 0 amide bonds. The van der Waals surface area contributed by atoms with Crippen LogP contribution in [0.3, 0.4) is 0 Å².